The van der Waals surface area contributed by atoms with Crippen molar-refractivity contribution >= 4 is 17.6 Å². The monoisotopic (exact) mass is 594 g/mol. The minimum Gasteiger partial charge on any atom is -0.493 e. The fraction of sp³-hybridized carbons (Fsp3) is 0.133. The Morgan fingerprint density at radius 2 is 1.35 bits per heavy atom. The first-order valence-corrected chi connectivity index (χ1v) is 12.6. The molecule has 0 spiro atoms. The number of aryl methyl sites for hydroxylation is 1. The molecule has 220 valence electrons. The van der Waals surface area contributed by atoms with Crippen molar-refractivity contribution in [1.29, 1.82) is 0 Å². The highest BCUT2D eigenvalue weighted by molar-refractivity contribution is 5.94. The van der Waals surface area contributed by atoms with Crippen LogP contribution in [0.2, 0.25) is 0 Å². The number of ether oxygens (including phenoxy) is 3. The summed E-state index contributed by atoms with van der Waals surface area (Å²) >= 11 is 0. The second-order valence-corrected chi connectivity index (χ2v) is 8.99. The highest BCUT2D eigenvalue weighted by Crippen LogP contribution is 2.32. The van der Waals surface area contributed by atoms with Crippen molar-refractivity contribution in [2.75, 3.05) is 13.2 Å². The summed E-state index contributed by atoms with van der Waals surface area (Å²) in [6, 6.07) is 17.2. The predicted octanol–water partition coefficient (Wildman–Crippen LogP) is 7.33. The Hall–Kier alpha value is -5.39. The number of nitrogens with two attached hydrogens (primary N) is 1. The van der Waals surface area contributed by atoms with Gasteiger partial charge < -0.3 is 19.9 Å². The molecule has 0 aliphatic carbocycles. The van der Waals surface area contributed by atoms with E-state index >= 15 is 0 Å². The molecule has 4 rings (SSSR count). The molecule has 0 saturated carbocycles. The summed E-state index contributed by atoms with van der Waals surface area (Å²) in [7, 11) is 0. The number of hydrogen-bond donors (Lipinski definition) is 1. The molecule has 4 aromatic carbocycles. The third-order valence-electron chi connectivity index (χ3n) is 6.02. The lowest BCUT2D eigenvalue weighted by Gasteiger charge is -2.12. The number of carbonyl (C=O) groups is 2. The Kier molecular flexibility index (Phi) is 9.61. The van der Waals surface area contributed by atoms with Crippen LogP contribution < -0.4 is 19.9 Å². The third kappa shape index (κ3) is 6.92. The largest absolute Gasteiger partial charge is 0.493 e. The summed E-state index contributed by atoms with van der Waals surface area (Å²) in [5.41, 5.74) is 13.1. The average Bonchev–Trinajstić information content (AvgIpc) is 2.99. The second-order valence-electron chi connectivity index (χ2n) is 8.99. The lowest BCUT2D eigenvalue weighted by atomic mass is 10.1. The van der Waals surface area contributed by atoms with Gasteiger partial charge in [0.15, 0.2) is 23.3 Å². The highest BCUT2D eigenvalue weighted by atomic mass is 19.2. The number of rotatable bonds is 10. The maximum atomic E-state index is 14.3. The first-order valence-electron chi connectivity index (χ1n) is 12.6. The molecule has 43 heavy (non-hydrogen) atoms. The van der Waals surface area contributed by atoms with Crippen molar-refractivity contribution in [2.24, 2.45) is 10.8 Å². The Morgan fingerprint density at radius 1 is 0.814 bits per heavy atom. The quantitative estimate of drug-likeness (QED) is 0.0298. The van der Waals surface area contributed by atoms with Crippen LogP contribution in [0.5, 0.6) is 17.2 Å². The first kappa shape index (κ1) is 30.6. The van der Waals surface area contributed by atoms with E-state index < -0.39 is 46.5 Å². The SMILES string of the molecule is Cc1ccc(C(=O)Oc2ccc(-c3ccc(OC(=O)c4c(F)c(F)c(N=[N+]=[N-])c(F)c4F)cc3)cc2)c(OCCCN)c1. The van der Waals surface area contributed by atoms with Crippen LogP contribution in [0.25, 0.3) is 21.6 Å². The molecule has 0 saturated heterocycles. The molecule has 0 heterocycles. The number of esters is 2. The van der Waals surface area contributed by atoms with E-state index in [1.165, 1.54) is 24.3 Å². The number of benzene rings is 4. The van der Waals surface area contributed by atoms with Gasteiger partial charge in [0, 0.05) is 4.91 Å². The van der Waals surface area contributed by atoms with Gasteiger partial charge in [-0.3, -0.25) is 0 Å². The Balaban J connectivity index is 1.45. The lowest BCUT2D eigenvalue weighted by Crippen LogP contribution is -2.16. The molecule has 0 unspecified atom stereocenters. The molecule has 0 aromatic heterocycles. The highest BCUT2D eigenvalue weighted by Gasteiger charge is 2.30. The van der Waals surface area contributed by atoms with Gasteiger partial charge >= 0.3 is 11.9 Å². The van der Waals surface area contributed by atoms with Crippen LogP contribution in [-0.2, 0) is 0 Å². The van der Waals surface area contributed by atoms with Gasteiger partial charge in [-0.1, -0.05) is 35.4 Å². The van der Waals surface area contributed by atoms with Gasteiger partial charge in [0.2, 0.25) is 0 Å². The van der Waals surface area contributed by atoms with Crippen LogP contribution in [0.15, 0.2) is 71.8 Å². The van der Waals surface area contributed by atoms with Gasteiger partial charge in [-0.25, -0.2) is 27.2 Å². The molecule has 0 aliphatic heterocycles. The zero-order valence-corrected chi connectivity index (χ0v) is 22.4. The van der Waals surface area contributed by atoms with Crippen LogP contribution in [0.4, 0.5) is 23.2 Å². The van der Waals surface area contributed by atoms with Crippen LogP contribution in [0, 0.1) is 30.2 Å². The number of halogens is 4. The fourth-order valence-corrected chi connectivity index (χ4v) is 3.87. The van der Waals surface area contributed by atoms with Gasteiger partial charge in [0.05, 0.1) is 6.61 Å². The topological polar surface area (TPSA) is 137 Å². The summed E-state index contributed by atoms with van der Waals surface area (Å²) in [4.78, 5) is 27.2. The van der Waals surface area contributed by atoms with Crippen molar-refractivity contribution in [1.82, 2.24) is 0 Å². The molecule has 0 amide bonds. The van der Waals surface area contributed by atoms with E-state index in [9.17, 15) is 27.2 Å². The maximum absolute atomic E-state index is 14.3. The van der Waals surface area contributed by atoms with Gasteiger partial charge in [0.1, 0.15) is 34.1 Å². The lowest BCUT2D eigenvalue weighted by molar-refractivity contribution is 0.0715. The molecule has 0 aliphatic rings. The maximum Gasteiger partial charge on any atom is 0.349 e. The zero-order chi connectivity index (χ0) is 31.1. The Morgan fingerprint density at radius 3 is 1.86 bits per heavy atom. The fourth-order valence-electron chi connectivity index (χ4n) is 3.87. The molecule has 4 aromatic rings. The summed E-state index contributed by atoms with van der Waals surface area (Å²) in [6.07, 6.45) is 0.623. The molecule has 0 radical (unpaired) electrons. The molecular weight excluding hydrogens is 572 g/mol. The summed E-state index contributed by atoms with van der Waals surface area (Å²) in [5, 5.41) is 2.57. The molecular formula is C30H22F4N4O5. The van der Waals surface area contributed by atoms with E-state index in [1.807, 2.05) is 6.92 Å². The van der Waals surface area contributed by atoms with E-state index in [0.29, 0.717) is 36.4 Å². The summed E-state index contributed by atoms with van der Waals surface area (Å²) in [5.74, 6) is -10.1. The van der Waals surface area contributed by atoms with E-state index in [4.69, 9.17) is 25.5 Å². The minimum absolute atomic E-state index is 0.180. The molecule has 0 bridgehead atoms. The van der Waals surface area contributed by atoms with Crippen molar-refractivity contribution < 1.29 is 41.4 Å². The number of hydrogen-bond acceptors (Lipinski definition) is 7. The first-order chi connectivity index (χ1) is 20.6. The number of azide groups is 1. The molecule has 0 atom stereocenters. The minimum atomic E-state index is -2.07. The number of nitrogens with zero attached hydrogens (tertiary/aromatic N) is 3. The van der Waals surface area contributed by atoms with Crippen LogP contribution in [0.3, 0.4) is 0 Å². The van der Waals surface area contributed by atoms with Crippen LogP contribution >= 0.6 is 0 Å². The van der Waals surface area contributed by atoms with Gasteiger partial charge in [0.25, 0.3) is 0 Å². The second kappa shape index (κ2) is 13.5. The summed E-state index contributed by atoms with van der Waals surface area (Å²) in [6.45, 7) is 2.67. The third-order valence-corrected chi connectivity index (χ3v) is 6.02. The normalized spacial score (nSPS) is 10.6. The molecule has 9 nitrogen and oxygen atoms in total. The van der Waals surface area contributed by atoms with E-state index in [-0.39, 0.29) is 17.1 Å². The van der Waals surface area contributed by atoms with Gasteiger partial charge in [-0.2, -0.15) is 0 Å². The van der Waals surface area contributed by atoms with Crippen molar-refractivity contribution in [3.63, 3.8) is 0 Å². The van der Waals surface area contributed by atoms with Crippen molar-refractivity contribution in [2.45, 2.75) is 13.3 Å². The van der Waals surface area contributed by atoms with E-state index in [0.717, 1.165) is 5.56 Å². The predicted molar refractivity (Wildman–Crippen MR) is 147 cm³/mol. The average molecular weight is 595 g/mol. The molecule has 2 N–H and O–H groups in total. The Bertz CT molecular complexity index is 1700. The van der Waals surface area contributed by atoms with Crippen LogP contribution in [0.1, 0.15) is 32.7 Å². The zero-order valence-electron chi connectivity index (χ0n) is 22.4. The smallest absolute Gasteiger partial charge is 0.349 e. The van der Waals surface area contributed by atoms with Gasteiger partial charge in [-0.05, 0) is 78.5 Å². The van der Waals surface area contributed by atoms with E-state index in [1.54, 1.807) is 42.5 Å². The Labute approximate surface area is 242 Å². The van der Waals surface area contributed by atoms with Crippen LogP contribution in [-0.4, -0.2) is 25.1 Å². The van der Waals surface area contributed by atoms with E-state index in [2.05, 4.69) is 10.0 Å². The molecule has 13 heteroatoms. The summed E-state index contributed by atoms with van der Waals surface area (Å²) < 4.78 is 72.6. The standard InChI is InChI=1S/C30H22F4N4O5/c1-16-3-12-21(22(15-16)41-14-2-13-35)29(39)42-19-8-4-17(5-9-19)18-6-10-20(11-7-18)43-30(40)23-24(31)26(33)28(37-38-36)27(34)25(23)32/h3-12,15H,2,13-14,35H2,1H3. The van der Waals surface area contributed by atoms with Crippen molar-refractivity contribution in [3.8, 4) is 28.4 Å². The number of carbonyl (C=O) groups excluding carboxylic acids is 2. The van der Waals surface area contributed by atoms with Crippen molar-refractivity contribution in [3.05, 3.63) is 117 Å². The molecule has 0 fully saturated rings. The van der Waals surface area contributed by atoms with Gasteiger partial charge in [-0.15, -0.1) is 0 Å².